The van der Waals surface area contributed by atoms with Gasteiger partial charge in [0, 0.05) is 30.3 Å². The van der Waals surface area contributed by atoms with Gasteiger partial charge in [0.15, 0.2) is 23.0 Å². The molecule has 1 atom stereocenters. The molecule has 0 aromatic heterocycles. The number of carbonyl (C=O) groups excluding carboxylic acids is 1. The number of methoxy groups -OCH3 is 5. The van der Waals surface area contributed by atoms with E-state index in [0.29, 0.717) is 47.3 Å². The van der Waals surface area contributed by atoms with Crippen molar-refractivity contribution in [1.29, 1.82) is 0 Å². The van der Waals surface area contributed by atoms with Gasteiger partial charge in [0.2, 0.25) is 5.75 Å². The van der Waals surface area contributed by atoms with Crippen molar-refractivity contribution in [1.82, 2.24) is 4.90 Å². The zero-order chi connectivity index (χ0) is 23.3. The molecule has 0 fully saturated rings. The van der Waals surface area contributed by atoms with Gasteiger partial charge in [0.1, 0.15) is 0 Å². The smallest absolute Gasteiger partial charge is 0.258 e. The Bertz CT molecular complexity index is 979. The molecule has 3 rings (SSSR count). The van der Waals surface area contributed by atoms with Gasteiger partial charge in [0.05, 0.1) is 35.5 Å². The second-order valence-corrected chi connectivity index (χ2v) is 7.36. The third kappa shape index (κ3) is 4.18. The summed E-state index contributed by atoms with van der Waals surface area (Å²) in [6.07, 6.45) is 4.14. The molecule has 8 heteroatoms. The van der Waals surface area contributed by atoms with Gasteiger partial charge in [0.25, 0.3) is 5.91 Å². The fraction of sp³-hybridized carbons (Fsp3) is 0.375. The highest BCUT2D eigenvalue weighted by atomic mass is 16.5. The quantitative estimate of drug-likeness (QED) is 0.638. The number of carbonyl (C=O) groups is 1. The molecule has 1 N–H and O–H groups in total. The van der Waals surface area contributed by atoms with E-state index in [4.69, 9.17) is 23.7 Å². The van der Waals surface area contributed by atoms with Gasteiger partial charge in [-0.1, -0.05) is 12.1 Å². The number of hydrogen-bond acceptors (Lipinski definition) is 7. The van der Waals surface area contributed by atoms with E-state index in [-0.39, 0.29) is 12.5 Å². The summed E-state index contributed by atoms with van der Waals surface area (Å²) in [6, 6.07) is 8.88. The first-order chi connectivity index (χ1) is 15.5. The number of hydrogen-bond donors (Lipinski definition) is 1. The molecule has 0 spiro atoms. The monoisotopic (exact) mass is 443 g/mol. The topological polar surface area (TPSA) is 86.7 Å². The maximum absolute atomic E-state index is 13.3. The van der Waals surface area contributed by atoms with Crippen LogP contribution >= 0.6 is 0 Å². The minimum atomic E-state index is -0.565. The fourth-order valence-corrected chi connectivity index (χ4v) is 3.99. The minimum Gasteiger partial charge on any atom is -0.493 e. The molecule has 8 nitrogen and oxygen atoms in total. The Morgan fingerprint density at radius 2 is 1.53 bits per heavy atom. The van der Waals surface area contributed by atoms with Gasteiger partial charge < -0.3 is 33.7 Å². The Labute approximate surface area is 187 Å². The maximum atomic E-state index is 13.3. The van der Waals surface area contributed by atoms with Crippen molar-refractivity contribution < 1.29 is 33.6 Å². The average Bonchev–Trinajstić information content (AvgIpc) is 3.27. The lowest BCUT2D eigenvalue weighted by Gasteiger charge is -2.30. The normalized spacial score (nSPS) is 17.2. The molecule has 1 amide bonds. The second kappa shape index (κ2) is 9.82. The van der Waals surface area contributed by atoms with Crippen LogP contribution in [0.15, 0.2) is 42.6 Å². The largest absolute Gasteiger partial charge is 0.493 e. The number of aliphatic hydroxyl groups excluding tert-OH is 1. The van der Waals surface area contributed by atoms with Gasteiger partial charge >= 0.3 is 0 Å². The van der Waals surface area contributed by atoms with E-state index in [1.165, 1.54) is 21.3 Å². The highest BCUT2D eigenvalue weighted by Gasteiger charge is 2.38. The molecule has 1 heterocycles. The number of aliphatic hydroxyl groups is 1. The number of amides is 1. The number of rotatable bonds is 9. The molecule has 2 aromatic rings. The maximum Gasteiger partial charge on any atom is 0.258 e. The molecule has 172 valence electrons. The first-order valence-electron chi connectivity index (χ1n) is 10.1. The number of benzene rings is 2. The van der Waals surface area contributed by atoms with Crippen molar-refractivity contribution in [3.05, 3.63) is 53.7 Å². The van der Waals surface area contributed by atoms with Crippen LogP contribution in [0.4, 0.5) is 0 Å². The third-order valence-corrected chi connectivity index (χ3v) is 5.71. The van der Waals surface area contributed by atoms with Crippen LogP contribution in [0.5, 0.6) is 28.7 Å². The van der Waals surface area contributed by atoms with Gasteiger partial charge in [-0.25, -0.2) is 0 Å². The molecule has 0 saturated carbocycles. The van der Waals surface area contributed by atoms with Crippen molar-refractivity contribution in [2.24, 2.45) is 0 Å². The Morgan fingerprint density at radius 3 is 2.06 bits per heavy atom. The fourth-order valence-electron chi connectivity index (χ4n) is 3.99. The van der Waals surface area contributed by atoms with Gasteiger partial charge in [-0.3, -0.25) is 4.79 Å². The standard InChI is InChI=1S/C24H29NO7/c1-28-18-7-6-17(14-19(18)29-2)24(9-11-26)8-10-25(15-24)23(27)16-12-20(30-3)22(32-5)21(13-16)31-4/h6-8,10,12-14,26H,9,11,15H2,1-5H3. The Balaban J connectivity index is 1.94. The van der Waals surface area contributed by atoms with E-state index in [9.17, 15) is 9.90 Å². The van der Waals surface area contributed by atoms with Crippen molar-refractivity contribution in [3.8, 4) is 28.7 Å². The lowest BCUT2D eigenvalue weighted by Crippen LogP contribution is -2.35. The molecular weight excluding hydrogens is 414 g/mol. The van der Waals surface area contributed by atoms with Gasteiger partial charge in [-0.05, 0) is 36.2 Å². The number of ether oxygens (including phenoxy) is 5. The van der Waals surface area contributed by atoms with Crippen LogP contribution in [-0.4, -0.2) is 64.6 Å². The predicted molar refractivity (Wildman–Crippen MR) is 119 cm³/mol. The predicted octanol–water partition coefficient (Wildman–Crippen LogP) is 3.02. The summed E-state index contributed by atoms with van der Waals surface area (Å²) in [4.78, 5) is 15.0. The highest BCUT2D eigenvalue weighted by molar-refractivity contribution is 5.96. The summed E-state index contributed by atoms with van der Waals surface area (Å²) >= 11 is 0. The van der Waals surface area contributed by atoms with Crippen LogP contribution in [0.25, 0.3) is 0 Å². The molecule has 0 bridgehead atoms. The lowest BCUT2D eigenvalue weighted by molar-refractivity contribution is 0.0812. The summed E-state index contributed by atoms with van der Waals surface area (Å²) in [6.45, 7) is 0.323. The van der Waals surface area contributed by atoms with Crippen LogP contribution in [0.3, 0.4) is 0 Å². The molecular formula is C24H29NO7. The zero-order valence-corrected chi connectivity index (χ0v) is 19.0. The zero-order valence-electron chi connectivity index (χ0n) is 19.0. The molecule has 0 saturated heterocycles. The van der Waals surface area contributed by atoms with E-state index in [1.807, 2.05) is 24.3 Å². The van der Waals surface area contributed by atoms with E-state index in [2.05, 4.69) is 0 Å². The third-order valence-electron chi connectivity index (χ3n) is 5.71. The Morgan fingerprint density at radius 1 is 0.906 bits per heavy atom. The van der Waals surface area contributed by atoms with E-state index in [1.54, 1.807) is 37.5 Å². The average molecular weight is 443 g/mol. The summed E-state index contributed by atoms with van der Waals surface area (Å²) in [7, 11) is 7.67. The Hall–Kier alpha value is -3.39. The molecule has 2 aromatic carbocycles. The van der Waals surface area contributed by atoms with Crippen molar-refractivity contribution in [2.45, 2.75) is 11.8 Å². The van der Waals surface area contributed by atoms with Crippen LogP contribution in [-0.2, 0) is 5.41 Å². The highest BCUT2D eigenvalue weighted by Crippen LogP contribution is 2.41. The van der Waals surface area contributed by atoms with Gasteiger partial charge in [-0.15, -0.1) is 0 Å². The first kappa shape index (κ1) is 23.3. The second-order valence-electron chi connectivity index (χ2n) is 7.36. The molecule has 32 heavy (non-hydrogen) atoms. The molecule has 0 aliphatic carbocycles. The van der Waals surface area contributed by atoms with Gasteiger partial charge in [-0.2, -0.15) is 0 Å². The van der Waals surface area contributed by atoms with Crippen LogP contribution in [0.1, 0.15) is 22.3 Å². The summed E-state index contributed by atoms with van der Waals surface area (Å²) in [5, 5.41) is 9.78. The van der Waals surface area contributed by atoms with E-state index >= 15 is 0 Å². The summed E-state index contributed by atoms with van der Waals surface area (Å²) in [5.74, 6) is 2.21. The SMILES string of the molecule is COc1ccc(C2(CCO)C=CN(C(=O)c3cc(OC)c(OC)c(OC)c3)C2)cc1OC. The molecule has 1 unspecified atom stereocenters. The van der Waals surface area contributed by atoms with Crippen molar-refractivity contribution >= 4 is 5.91 Å². The van der Waals surface area contributed by atoms with Crippen molar-refractivity contribution in [3.63, 3.8) is 0 Å². The minimum absolute atomic E-state index is 0.0368. The Kier molecular flexibility index (Phi) is 7.15. The van der Waals surface area contributed by atoms with Crippen LogP contribution in [0.2, 0.25) is 0 Å². The van der Waals surface area contributed by atoms with E-state index in [0.717, 1.165) is 5.56 Å². The van der Waals surface area contributed by atoms with Crippen molar-refractivity contribution in [2.75, 3.05) is 48.7 Å². The van der Waals surface area contributed by atoms with Crippen LogP contribution < -0.4 is 23.7 Å². The summed E-state index contributed by atoms with van der Waals surface area (Å²) < 4.78 is 26.9. The number of nitrogens with zero attached hydrogens (tertiary/aromatic N) is 1. The molecule has 1 aliphatic heterocycles. The molecule has 0 radical (unpaired) electrons. The lowest BCUT2D eigenvalue weighted by atomic mass is 9.78. The van der Waals surface area contributed by atoms with Crippen LogP contribution in [0, 0.1) is 0 Å². The van der Waals surface area contributed by atoms with E-state index < -0.39 is 5.41 Å². The first-order valence-corrected chi connectivity index (χ1v) is 10.1. The molecule has 1 aliphatic rings. The summed E-state index contributed by atoms with van der Waals surface area (Å²) in [5.41, 5.74) is 0.752.